The Morgan fingerprint density at radius 2 is 1.87 bits per heavy atom. The molecule has 2 atom stereocenters. The van der Waals surface area contributed by atoms with Crippen molar-refractivity contribution >= 4 is 5.91 Å². The zero-order valence-corrected chi connectivity index (χ0v) is 18.4. The maximum Gasteiger partial charge on any atom is 0.253 e. The Morgan fingerprint density at radius 3 is 2.60 bits per heavy atom. The minimum atomic E-state index is -0.128. The summed E-state index contributed by atoms with van der Waals surface area (Å²) in [6, 6.07) is 8.24. The number of rotatable bonds is 6. The second kappa shape index (κ2) is 8.76. The van der Waals surface area contributed by atoms with Crippen molar-refractivity contribution in [1.29, 1.82) is 0 Å². The number of carbonyl (C=O) groups is 1. The Hall–Kier alpha value is -2.40. The van der Waals surface area contributed by atoms with Crippen molar-refractivity contribution in [2.24, 2.45) is 5.92 Å². The lowest BCUT2D eigenvalue weighted by Gasteiger charge is -2.26. The monoisotopic (exact) mass is 407 g/mol. The quantitative estimate of drug-likeness (QED) is 0.765. The predicted octanol–water partition coefficient (Wildman–Crippen LogP) is 3.82. The molecule has 0 spiro atoms. The number of aromatic amines is 1. The highest BCUT2D eigenvalue weighted by Gasteiger charge is 2.39. The zero-order chi connectivity index (χ0) is 21.3. The number of aryl methyl sites for hydroxylation is 3. The van der Waals surface area contributed by atoms with Crippen LogP contribution in [0.2, 0.25) is 0 Å². The smallest absolute Gasteiger partial charge is 0.253 e. The number of H-pyrrole nitrogens is 1. The summed E-state index contributed by atoms with van der Waals surface area (Å²) in [6.07, 6.45) is 5.25. The van der Waals surface area contributed by atoms with Crippen LogP contribution in [0.15, 0.2) is 29.1 Å². The lowest BCUT2D eigenvalue weighted by molar-refractivity contribution is 0.0950. The number of aromatic nitrogens is 1. The Morgan fingerprint density at radius 1 is 1.10 bits per heavy atom. The van der Waals surface area contributed by atoms with E-state index in [0.29, 0.717) is 11.5 Å². The number of nitrogens with one attached hydrogen (secondary N) is 2. The number of likely N-dealkylation sites (tertiary alicyclic amines) is 1. The van der Waals surface area contributed by atoms with E-state index in [-0.39, 0.29) is 18.0 Å². The number of amides is 1. The molecule has 5 nitrogen and oxygen atoms in total. The number of benzene rings is 1. The summed E-state index contributed by atoms with van der Waals surface area (Å²) >= 11 is 0. The maximum atomic E-state index is 12.9. The Kier molecular flexibility index (Phi) is 6.09. The highest BCUT2D eigenvalue weighted by Crippen LogP contribution is 2.48. The van der Waals surface area contributed by atoms with Gasteiger partial charge in [0.2, 0.25) is 0 Å². The van der Waals surface area contributed by atoms with Gasteiger partial charge in [0.25, 0.3) is 11.5 Å². The van der Waals surface area contributed by atoms with Crippen LogP contribution >= 0.6 is 0 Å². The lowest BCUT2D eigenvalue weighted by atomic mass is 10.0. The van der Waals surface area contributed by atoms with Gasteiger partial charge in [-0.1, -0.05) is 18.6 Å². The number of carbonyl (C=O) groups excluding carboxylic acids is 1. The van der Waals surface area contributed by atoms with Crippen LogP contribution in [0.1, 0.15) is 69.9 Å². The van der Waals surface area contributed by atoms with E-state index in [9.17, 15) is 9.59 Å². The number of hydrogen-bond donors (Lipinski definition) is 2. The molecule has 1 aliphatic carbocycles. The van der Waals surface area contributed by atoms with Gasteiger partial charge in [0.15, 0.2) is 0 Å². The molecular weight excluding hydrogens is 374 g/mol. The van der Waals surface area contributed by atoms with Gasteiger partial charge in [0.1, 0.15) is 0 Å². The van der Waals surface area contributed by atoms with E-state index in [0.717, 1.165) is 28.3 Å². The first-order valence-electron chi connectivity index (χ1n) is 11.2. The molecule has 5 heteroatoms. The van der Waals surface area contributed by atoms with Crippen LogP contribution in [0.25, 0.3) is 0 Å². The summed E-state index contributed by atoms with van der Waals surface area (Å²) in [6.45, 7) is 9.65. The minimum Gasteiger partial charge on any atom is -0.348 e. The van der Waals surface area contributed by atoms with Crippen LogP contribution in [-0.4, -0.2) is 35.4 Å². The van der Waals surface area contributed by atoms with E-state index in [1.807, 2.05) is 26.8 Å². The van der Waals surface area contributed by atoms with Gasteiger partial charge < -0.3 is 15.2 Å². The van der Waals surface area contributed by atoms with E-state index in [1.54, 1.807) is 0 Å². The molecule has 0 radical (unpaired) electrons. The van der Waals surface area contributed by atoms with Crippen LogP contribution in [-0.2, 0) is 6.54 Å². The largest absolute Gasteiger partial charge is 0.348 e. The van der Waals surface area contributed by atoms with Crippen molar-refractivity contribution in [3.8, 4) is 0 Å². The van der Waals surface area contributed by atoms with Crippen molar-refractivity contribution in [1.82, 2.24) is 15.2 Å². The number of nitrogens with zero attached hydrogens (tertiary/aromatic N) is 1. The van der Waals surface area contributed by atoms with E-state index >= 15 is 0 Å². The van der Waals surface area contributed by atoms with Gasteiger partial charge in [-0.15, -0.1) is 0 Å². The molecule has 2 heterocycles. The standard InChI is InChI=1S/C25H33N3O2/c1-16-7-8-19(22-13-20(22)15-28-9-5-4-6-10-28)12-21(16)24(29)26-14-23-17(2)11-18(3)27-25(23)30/h7-8,11-12,20,22H,4-6,9-10,13-15H2,1-3H3,(H,26,29)(H,27,30). The SMILES string of the molecule is Cc1cc(C)c(CNC(=O)c2cc(C3CC3CN3CCCCC3)ccc2C)c(=O)[nH]1. The molecule has 2 aliphatic rings. The van der Waals surface area contributed by atoms with E-state index in [1.165, 1.54) is 50.9 Å². The fourth-order valence-corrected chi connectivity index (χ4v) is 4.81. The average Bonchev–Trinajstić information content (AvgIpc) is 3.47. The fourth-order valence-electron chi connectivity index (χ4n) is 4.81. The van der Waals surface area contributed by atoms with Gasteiger partial charge in [-0.3, -0.25) is 9.59 Å². The third-order valence-corrected chi connectivity index (χ3v) is 6.72. The Bertz CT molecular complexity index is 988. The lowest BCUT2D eigenvalue weighted by Crippen LogP contribution is -2.31. The second-order valence-electron chi connectivity index (χ2n) is 9.16. The topological polar surface area (TPSA) is 65.2 Å². The normalized spacial score (nSPS) is 21.4. The summed E-state index contributed by atoms with van der Waals surface area (Å²) in [4.78, 5) is 30.5. The highest BCUT2D eigenvalue weighted by atomic mass is 16.1. The molecule has 160 valence electrons. The average molecular weight is 408 g/mol. The van der Waals surface area contributed by atoms with Crippen molar-refractivity contribution in [2.75, 3.05) is 19.6 Å². The summed E-state index contributed by atoms with van der Waals surface area (Å²) in [5.74, 6) is 1.18. The number of pyridine rings is 1. The third-order valence-electron chi connectivity index (χ3n) is 6.72. The predicted molar refractivity (Wildman–Crippen MR) is 120 cm³/mol. The molecule has 1 saturated heterocycles. The van der Waals surface area contributed by atoms with Crippen molar-refractivity contribution in [3.05, 3.63) is 68.1 Å². The van der Waals surface area contributed by atoms with Crippen LogP contribution < -0.4 is 10.9 Å². The number of piperidine rings is 1. The molecule has 2 N–H and O–H groups in total. The van der Waals surface area contributed by atoms with Crippen LogP contribution in [0.5, 0.6) is 0 Å². The van der Waals surface area contributed by atoms with E-state index < -0.39 is 0 Å². The molecule has 4 rings (SSSR count). The summed E-state index contributed by atoms with van der Waals surface area (Å²) in [5.41, 5.74) is 5.19. The first-order chi connectivity index (χ1) is 14.4. The van der Waals surface area contributed by atoms with Gasteiger partial charge >= 0.3 is 0 Å². The zero-order valence-electron chi connectivity index (χ0n) is 18.4. The molecule has 2 fully saturated rings. The minimum absolute atomic E-state index is 0.109. The van der Waals surface area contributed by atoms with Gasteiger partial charge in [0, 0.05) is 29.9 Å². The van der Waals surface area contributed by atoms with Crippen LogP contribution in [0.4, 0.5) is 0 Å². The molecule has 2 unspecified atom stereocenters. The highest BCUT2D eigenvalue weighted by molar-refractivity contribution is 5.95. The summed E-state index contributed by atoms with van der Waals surface area (Å²) in [7, 11) is 0. The molecule has 1 aromatic carbocycles. The summed E-state index contributed by atoms with van der Waals surface area (Å²) in [5, 5.41) is 2.95. The first-order valence-corrected chi connectivity index (χ1v) is 11.2. The molecule has 0 bridgehead atoms. The van der Waals surface area contributed by atoms with Crippen LogP contribution in [0.3, 0.4) is 0 Å². The molecule has 1 amide bonds. The van der Waals surface area contributed by atoms with E-state index in [2.05, 4.69) is 33.4 Å². The number of hydrogen-bond acceptors (Lipinski definition) is 3. The Labute approximate surface area is 178 Å². The molecule has 30 heavy (non-hydrogen) atoms. The second-order valence-corrected chi connectivity index (χ2v) is 9.16. The van der Waals surface area contributed by atoms with Gasteiger partial charge in [-0.25, -0.2) is 0 Å². The van der Waals surface area contributed by atoms with Crippen molar-refractivity contribution in [3.63, 3.8) is 0 Å². The molecular formula is C25H33N3O2. The summed E-state index contributed by atoms with van der Waals surface area (Å²) < 4.78 is 0. The van der Waals surface area contributed by atoms with Gasteiger partial charge in [0.05, 0.1) is 0 Å². The fraction of sp³-hybridized carbons (Fsp3) is 0.520. The van der Waals surface area contributed by atoms with Gasteiger partial charge in [-0.2, -0.15) is 0 Å². The maximum absolute atomic E-state index is 12.9. The third kappa shape index (κ3) is 4.67. The molecule has 1 aliphatic heterocycles. The van der Waals surface area contributed by atoms with Crippen molar-refractivity contribution < 1.29 is 4.79 Å². The first kappa shape index (κ1) is 20.9. The molecule has 2 aromatic rings. The van der Waals surface area contributed by atoms with Gasteiger partial charge in [-0.05, 0) is 93.8 Å². The van der Waals surface area contributed by atoms with Crippen LogP contribution in [0, 0.1) is 26.7 Å². The Balaban J connectivity index is 1.41. The van der Waals surface area contributed by atoms with Crippen molar-refractivity contribution in [2.45, 2.75) is 58.9 Å². The van der Waals surface area contributed by atoms with E-state index in [4.69, 9.17) is 0 Å². The molecule has 1 saturated carbocycles. The molecule has 1 aromatic heterocycles.